The van der Waals surface area contributed by atoms with Crippen LogP contribution in [-0.2, 0) is 17.8 Å². The molecule has 114 valence electrons. The molecule has 0 saturated heterocycles. The number of halogens is 2. The zero-order chi connectivity index (χ0) is 15.2. The van der Waals surface area contributed by atoms with Crippen molar-refractivity contribution in [2.45, 2.75) is 20.0 Å². The number of benzene rings is 1. The van der Waals surface area contributed by atoms with E-state index in [9.17, 15) is 0 Å². The molecule has 1 heterocycles. The quantitative estimate of drug-likeness (QED) is 0.793. The van der Waals surface area contributed by atoms with Gasteiger partial charge in [0.1, 0.15) is 5.82 Å². The molecule has 0 aliphatic rings. The molecule has 2 aromatic rings. The fourth-order valence-electron chi connectivity index (χ4n) is 2.08. The Morgan fingerprint density at radius 3 is 2.81 bits per heavy atom. The van der Waals surface area contributed by atoms with Crippen LogP contribution in [0.5, 0.6) is 0 Å². The number of aryl methyl sites for hydroxylation is 1. The number of nitrogens with zero attached hydrogens (tertiary/aromatic N) is 2. The number of methoxy groups -OCH3 is 1. The molecule has 4 nitrogen and oxygen atoms in total. The highest BCUT2D eigenvalue weighted by Gasteiger charge is 2.08. The third-order valence-corrected chi connectivity index (χ3v) is 3.99. The molecule has 1 N–H and O–H groups in total. The first-order valence-electron chi connectivity index (χ1n) is 6.76. The van der Waals surface area contributed by atoms with E-state index in [4.69, 9.17) is 27.9 Å². The molecule has 0 aliphatic heterocycles. The summed E-state index contributed by atoms with van der Waals surface area (Å²) >= 11 is 12.0. The highest BCUT2D eigenvalue weighted by atomic mass is 35.5. The van der Waals surface area contributed by atoms with Gasteiger partial charge in [-0.15, -0.1) is 0 Å². The van der Waals surface area contributed by atoms with Crippen molar-refractivity contribution in [2.24, 2.45) is 0 Å². The Morgan fingerprint density at radius 2 is 2.10 bits per heavy atom. The molecule has 0 atom stereocenters. The summed E-state index contributed by atoms with van der Waals surface area (Å²) in [6, 6.07) is 5.70. The molecule has 0 spiro atoms. The monoisotopic (exact) mass is 327 g/mol. The van der Waals surface area contributed by atoms with E-state index in [0.29, 0.717) is 16.7 Å². The first kappa shape index (κ1) is 16.3. The van der Waals surface area contributed by atoms with Crippen LogP contribution in [0.3, 0.4) is 0 Å². The fraction of sp³-hybridized carbons (Fsp3) is 0.400. The van der Waals surface area contributed by atoms with E-state index in [1.54, 1.807) is 7.11 Å². The number of hydrogen-bond donors (Lipinski definition) is 1. The maximum atomic E-state index is 6.07. The zero-order valence-corrected chi connectivity index (χ0v) is 13.7. The van der Waals surface area contributed by atoms with Gasteiger partial charge in [0.25, 0.3) is 0 Å². The van der Waals surface area contributed by atoms with Crippen molar-refractivity contribution in [1.82, 2.24) is 14.9 Å². The Morgan fingerprint density at radius 1 is 1.29 bits per heavy atom. The average molecular weight is 328 g/mol. The lowest BCUT2D eigenvalue weighted by Gasteiger charge is -2.12. The van der Waals surface area contributed by atoms with Crippen LogP contribution in [0.15, 0.2) is 24.4 Å². The molecule has 0 amide bonds. The lowest BCUT2D eigenvalue weighted by Crippen LogP contribution is -2.21. The van der Waals surface area contributed by atoms with Gasteiger partial charge in [0.15, 0.2) is 0 Å². The Bertz CT molecular complexity index is 599. The van der Waals surface area contributed by atoms with E-state index < -0.39 is 0 Å². The molecule has 21 heavy (non-hydrogen) atoms. The normalized spacial score (nSPS) is 11.0. The van der Waals surface area contributed by atoms with Crippen LogP contribution in [0.25, 0.3) is 0 Å². The lowest BCUT2D eigenvalue weighted by molar-refractivity contribution is 0.199. The minimum atomic E-state index is 0.573. The van der Waals surface area contributed by atoms with Crippen LogP contribution >= 0.6 is 23.2 Å². The van der Waals surface area contributed by atoms with E-state index in [0.717, 1.165) is 36.7 Å². The van der Waals surface area contributed by atoms with Crippen LogP contribution in [0.2, 0.25) is 10.0 Å². The second kappa shape index (κ2) is 7.80. The number of rotatable bonds is 7. The van der Waals surface area contributed by atoms with Gasteiger partial charge in [-0.05, 0) is 24.6 Å². The molecular formula is C15H19Cl2N3O. The van der Waals surface area contributed by atoms with Gasteiger partial charge in [0.05, 0.1) is 22.3 Å². The Labute approximate surface area is 135 Å². The first-order valence-corrected chi connectivity index (χ1v) is 7.52. The molecule has 0 radical (unpaired) electrons. The van der Waals surface area contributed by atoms with Gasteiger partial charge in [-0.3, -0.25) is 0 Å². The van der Waals surface area contributed by atoms with E-state index in [1.807, 2.05) is 31.3 Å². The van der Waals surface area contributed by atoms with Crippen LogP contribution in [0.1, 0.15) is 17.1 Å². The number of ether oxygens (including phenoxy) is 1. The molecule has 0 saturated carbocycles. The molecule has 0 unspecified atom stereocenters. The average Bonchev–Trinajstić information content (AvgIpc) is 2.80. The Hall–Kier alpha value is -1.07. The van der Waals surface area contributed by atoms with Crippen LogP contribution < -0.4 is 5.32 Å². The summed E-state index contributed by atoms with van der Waals surface area (Å²) in [7, 11) is 1.69. The summed E-state index contributed by atoms with van der Waals surface area (Å²) in [4.78, 5) is 4.38. The standard InChI is InChI=1S/C15H19Cl2N3O/c1-11-19-9-13(8-18-5-6-21-2)20(11)10-12-3-4-14(16)15(17)7-12/h3-4,7,9,18H,5-6,8,10H2,1-2H3. The largest absolute Gasteiger partial charge is 0.383 e. The van der Waals surface area contributed by atoms with Crippen molar-refractivity contribution in [1.29, 1.82) is 0 Å². The summed E-state index contributed by atoms with van der Waals surface area (Å²) in [6.07, 6.45) is 1.90. The van der Waals surface area contributed by atoms with Gasteiger partial charge in [-0.25, -0.2) is 4.98 Å². The van der Waals surface area contributed by atoms with Crippen molar-refractivity contribution in [3.8, 4) is 0 Å². The van der Waals surface area contributed by atoms with Gasteiger partial charge >= 0.3 is 0 Å². The topological polar surface area (TPSA) is 39.1 Å². The van der Waals surface area contributed by atoms with E-state index in [1.165, 1.54) is 0 Å². The second-order valence-electron chi connectivity index (χ2n) is 4.80. The smallest absolute Gasteiger partial charge is 0.106 e. The molecule has 2 rings (SSSR count). The molecule has 0 fully saturated rings. The van der Waals surface area contributed by atoms with Gasteiger partial charge in [-0.1, -0.05) is 29.3 Å². The van der Waals surface area contributed by atoms with Gasteiger partial charge in [-0.2, -0.15) is 0 Å². The predicted octanol–water partition coefficient (Wildman–Crippen LogP) is 3.28. The number of nitrogens with one attached hydrogen (secondary N) is 1. The van der Waals surface area contributed by atoms with Crippen molar-refractivity contribution in [3.63, 3.8) is 0 Å². The van der Waals surface area contributed by atoms with Crippen molar-refractivity contribution in [2.75, 3.05) is 20.3 Å². The van der Waals surface area contributed by atoms with Gasteiger partial charge in [0.2, 0.25) is 0 Å². The second-order valence-corrected chi connectivity index (χ2v) is 5.62. The summed E-state index contributed by atoms with van der Waals surface area (Å²) < 4.78 is 7.19. The SMILES string of the molecule is COCCNCc1cnc(C)n1Cc1ccc(Cl)c(Cl)c1. The highest BCUT2D eigenvalue weighted by molar-refractivity contribution is 6.42. The third-order valence-electron chi connectivity index (χ3n) is 3.25. The van der Waals surface area contributed by atoms with Crippen LogP contribution in [-0.4, -0.2) is 29.8 Å². The third kappa shape index (κ3) is 4.45. The van der Waals surface area contributed by atoms with E-state index in [2.05, 4.69) is 14.9 Å². The molecule has 0 aliphatic carbocycles. The minimum absolute atomic E-state index is 0.573. The number of aromatic nitrogens is 2. The number of imidazole rings is 1. The van der Waals surface area contributed by atoms with Crippen LogP contribution in [0.4, 0.5) is 0 Å². The van der Waals surface area contributed by atoms with Crippen LogP contribution in [0, 0.1) is 6.92 Å². The Kier molecular flexibility index (Phi) is 6.06. The van der Waals surface area contributed by atoms with Crippen molar-refractivity contribution < 1.29 is 4.74 Å². The number of hydrogen-bond acceptors (Lipinski definition) is 3. The summed E-state index contributed by atoms with van der Waals surface area (Å²) in [5, 5.41) is 4.48. The van der Waals surface area contributed by atoms with Gasteiger partial charge < -0.3 is 14.6 Å². The summed E-state index contributed by atoms with van der Waals surface area (Å²) in [5.41, 5.74) is 2.23. The molecule has 1 aromatic heterocycles. The molecular weight excluding hydrogens is 309 g/mol. The summed E-state index contributed by atoms with van der Waals surface area (Å²) in [6.45, 7) is 4.99. The maximum absolute atomic E-state index is 6.07. The van der Waals surface area contributed by atoms with Crippen molar-refractivity contribution >= 4 is 23.2 Å². The zero-order valence-electron chi connectivity index (χ0n) is 12.2. The molecule has 0 bridgehead atoms. The van der Waals surface area contributed by atoms with E-state index >= 15 is 0 Å². The fourth-order valence-corrected chi connectivity index (χ4v) is 2.40. The summed E-state index contributed by atoms with van der Waals surface area (Å²) in [5.74, 6) is 0.976. The van der Waals surface area contributed by atoms with Crippen molar-refractivity contribution in [3.05, 3.63) is 51.5 Å². The Balaban J connectivity index is 2.08. The first-order chi connectivity index (χ1) is 10.1. The van der Waals surface area contributed by atoms with Gasteiger partial charge in [0, 0.05) is 32.9 Å². The minimum Gasteiger partial charge on any atom is -0.383 e. The lowest BCUT2D eigenvalue weighted by atomic mass is 10.2. The maximum Gasteiger partial charge on any atom is 0.106 e. The predicted molar refractivity (Wildman–Crippen MR) is 86.1 cm³/mol. The highest BCUT2D eigenvalue weighted by Crippen LogP contribution is 2.23. The molecule has 6 heteroatoms. The molecule has 1 aromatic carbocycles. The van der Waals surface area contributed by atoms with E-state index in [-0.39, 0.29) is 0 Å².